The molecule has 16 heteroatoms. The van der Waals surface area contributed by atoms with Crippen molar-refractivity contribution in [3.63, 3.8) is 0 Å². The zero-order valence-corrected chi connectivity index (χ0v) is 11.2. The Morgan fingerprint density at radius 3 is 1.12 bits per heavy atom. The van der Waals surface area contributed by atoms with Crippen LogP contribution in [-0.4, -0.2) is 48.5 Å². The molecule has 0 aromatic carbocycles. The normalized spacial score (nSPS) is 20.2. The minimum atomic E-state index is -7.52. The first-order chi connectivity index (χ1) is 10.5. The molecule has 0 saturated carbocycles. The largest absolute Gasteiger partial charge is 0.451 e. The Morgan fingerprint density at radius 2 is 0.920 bits per heavy atom. The molecule has 0 heterocycles. The van der Waals surface area contributed by atoms with Gasteiger partial charge in [-0.15, -0.1) is 0 Å². The topological polar surface area (TPSA) is 9.23 Å². The van der Waals surface area contributed by atoms with Crippen LogP contribution in [0.4, 0.5) is 65.9 Å². The van der Waals surface area contributed by atoms with Gasteiger partial charge in [0.05, 0.1) is 0 Å². The molecule has 25 heavy (non-hydrogen) atoms. The van der Waals surface area contributed by atoms with Crippen LogP contribution >= 0.6 is 0 Å². The second-order valence-electron chi connectivity index (χ2n) is 4.51. The predicted molar refractivity (Wildman–Crippen MR) is 47.3 cm³/mol. The number of hydrogen-bond acceptors (Lipinski definition) is 1. The van der Waals surface area contributed by atoms with Gasteiger partial charge < -0.3 is 4.74 Å². The summed E-state index contributed by atoms with van der Waals surface area (Å²) < 4.78 is 189. The highest BCUT2D eigenvalue weighted by Gasteiger charge is 2.85. The molecule has 0 bridgehead atoms. The maximum atomic E-state index is 13.6. The Morgan fingerprint density at radius 1 is 0.600 bits per heavy atom. The summed E-state index contributed by atoms with van der Waals surface area (Å²) in [5.41, 5.74) is -7.52. The van der Waals surface area contributed by atoms with E-state index in [9.17, 15) is 65.9 Å². The van der Waals surface area contributed by atoms with Crippen molar-refractivity contribution in [2.45, 2.75) is 55.4 Å². The Balaban J connectivity index is 6.40. The molecule has 0 spiro atoms. The van der Waals surface area contributed by atoms with Crippen LogP contribution in [0.5, 0.6) is 0 Å². The lowest BCUT2D eigenvalue weighted by atomic mass is 9.92. The van der Waals surface area contributed by atoms with Crippen LogP contribution in [0, 0.1) is 0 Å². The number of rotatable bonds is 4. The molecule has 3 unspecified atom stereocenters. The summed E-state index contributed by atoms with van der Waals surface area (Å²) in [4.78, 5) is 0. The molecular weight excluding hydrogens is 409 g/mol. The van der Waals surface area contributed by atoms with Gasteiger partial charge in [-0.25, -0.2) is 8.78 Å². The fraction of sp³-hybridized carbons (Fsp3) is 1.00. The Hall–Kier alpha value is -1.09. The summed E-state index contributed by atoms with van der Waals surface area (Å²) in [5, 5.41) is 0. The van der Waals surface area contributed by atoms with Crippen molar-refractivity contribution in [3.05, 3.63) is 0 Å². The lowest BCUT2D eigenvalue weighted by Crippen LogP contribution is -2.69. The van der Waals surface area contributed by atoms with Crippen LogP contribution in [0.25, 0.3) is 0 Å². The fourth-order valence-electron chi connectivity index (χ4n) is 1.30. The Kier molecular flexibility index (Phi) is 5.99. The van der Waals surface area contributed by atoms with E-state index in [-0.39, 0.29) is 0 Å². The van der Waals surface area contributed by atoms with Gasteiger partial charge in [0.15, 0.2) is 6.10 Å². The van der Waals surface area contributed by atoms with Gasteiger partial charge in [-0.1, -0.05) is 0 Å². The van der Waals surface area contributed by atoms with Crippen molar-refractivity contribution in [1.82, 2.24) is 0 Å². The maximum absolute atomic E-state index is 13.6. The van der Waals surface area contributed by atoms with Gasteiger partial charge in [-0.2, -0.15) is 57.1 Å². The first kappa shape index (κ1) is 23.9. The first-order valence-electron chi connectivity index (χ1n) is 5.50. The number of ether oxygens (including phenoxy) is 1. The summed E-state index contributed by atoms with van der Waals surface area (Å²) >= 11 is 0. The number of hydrogen-bond donors (Lipinski definition) is 0. The van der Waals surface area contributed by atoms with E-state index in [0.717, 1.165) is 0 Å². The molecule has 0 fully saturated rings. The molecule has 0 N–H and O–H groups in total. The van der Waals surface area contributed by atoms with Crippen molar-refractivity contribution >= 4 is 0 Å². The molecule has 0 radical (unpaired) electrons. The van der Waals surface area contributed by atoms with Crippen LogP contribution in [0.3, 0.4) is 0 Å². The zero-order valence-electron chi connectivity index (χ0n) is 11.2. The van der Waals surface area contributed by atoms with Gasteiger partial charge in [-0.3, -0.25) is 0 Å². The minimum absolute atomic E-state index is 0.478. The SMILES string of the molecule is CC(OC(F)(C(F)C(F)(C(F)(F)F)C(F)(F)F)C(F)(F)F)C(F)(F)F. The molecule has 0 aliphatic heterocycles. The van der Waals surface area contributed by atoms with Gasteiger partial charge >= 0.3 is 36.2 Å². The lowest BCUT2D eigenvalue weighted by Gasteiger charge is -2.40. The molecule has 0 aliphatic carbocycles. The zero-order chi connectivity index (χ0) is 20.9. The third-order valence-corrected chi connectivity index (χ3v) is 2.70. The van der Waals surface area contributed by atoms with Crippen molar-refractivity contribution < 1.29 is 70.6 Å². The van der Waals surface area contributed by atoms with E-state index in [0.29, 0.717) is 0 Å². The summed E-state index contributed by atoms with van der Waals surface area (Å²) in [5.74, 6) is -6.93. The highest BCUT2D eigenvalue weighted by atomic mass is 19.4. The molecule has 0 aliphatic rings. The molecule has 1 nitrogen and oxygen atoms in total. The van der Waals surface area contributed by atoms with Crippen molar-refractivity contribution in [2.24, 2.45) is 0 Å². The van der Waals surface area contributed by atoms with Crippen LogP contribution < -0.4 is 0 Å². The van der Waals surface area contributed by atoms with E-state index in [2.05, 4.69) is 4.74 Å². The van der Waals surface area contributed by atoms with Crippen molar-refractivity contribution in [2.75, 3.05) is 0 Å². The summed E-state index contributed by atoms with van der Waals surface area (Å²) in [6.45, 7) is -0.478. The summed E-state index contributed by atoms with van der Waals surface area (Å²) in [6.07, 6.45) is -38.6. The molecule has 152 valence electrons. The summed E-state index contributed by atoms with van der Waals surface area (Å²) in [7, 11) is 0. The predicted octanol–water partition coefficient (Wildman–Crippen LogP) is 5.35. The quantitative estimate of drug-likeness (QED) is 0.564. The van der Waals surface area contributed by atoms with Gasteiger partial charge in [0.1, 0.15) is 0 Å². The Labute approximate surface area is 127 Å². The number of alkyl halides is 15. The standard InChI is InChI=1S/C9H5F15O/c1-2(6(13,14)15)25-5(12,9(22,23)24)3(10)4(11,7(16,17)18)8(19,20)21/h2-3H,1H3. The lowest BCUT2D eigenvalue weighted by molar-refractivity contribution is -0.433. The molecule has 3 atom stereocenters. The third kappa shape index (κ3) is 4.19. The number of halogens is 15. The van der Waals surface area contributed by atoms with E-state index in [4.69, 9.17) is 0 Å². The van der Waals surface area contributed by atoms with E-state index in [1.165, 1.54) is 0 Å². The first-order valence-corrected chi connectivity index (χ1v) is 5.50. The van der Waals surface area contributed by atoms with E-state index in [1.807, 2.05) is 0 Å². The van der Waals surface area contributed by atoms with Crippen LogP contribution in [0.1, 0.15) is 6.92 Å². The summed E-state index contributed by atoms with van der Waals surface area (Å²) in [6, 6.07) is 0. The molecule has 0 aromatic rings. The van der Waals surface area contributed by atoms with E-state index >= 15 is 0 Å². The average Bonchev–Trinajstić information content (AvgIpc) is 2.31. The minimum Gasteiger partial charge on any atom is -0.324 e. The van der Waals surface area contributed by atoms with Crippen LogP contribution in [0.2, 0.25) is 0 Å². The van der Waals surface area contributed by atoms with Gasteiger partial charge in [0, 0.05) is 0 Å². The molecule has 0 rings (SSSR count). The van der Waals surface area contributed by atoms with E-state index in [1.54, 1.807) is 0 Å². The molecule has 0 saturated heterocycles. The maximum Gasteiger partial charge on any atom is 0.451 e. The van der Waals surface area contributed by atoms with Gasteiger partial charge in [0.25, 0.3) is 0 Å². The van der Waals surface area contributed by atoms with Gasteiger partial charge in [0.2, 0.25) is 6.17 Å². The highest BCUT2D eigenvalue weighted by Crippen LogP contribution is 2.56. The fourth-order valence-corrected chi connectivity index (χ4v) is 1.30. The van der Waals surface area contributed by atoms with Crippen molar-refractivity contribution in [3.8, 4) is 0 Å². The third-order valence-electron chi connectivity index (χ3n) is 2.70. The van der Waals surface area contributed by atoms with Crippen molar-refractivity contribution in [1.29, 1.82) is 0 Å². The average molecular weight is 414 g/mol. The second-order valence-corrected chi connectivity index (χ2v) is 4.51. The second kappa shape index (κ2) is 6.26. The van der Waals surface area contributed by atoms with E-state index < -0.39 is 55.4 Å². The molecule has 0 aromatic heterocycles. The Bertz CT molecular complexity index is 442. The highest BCUT2D eigenvalue weighted by molar-refractivity contribution is 5.08. The molecule has 0 amide bonds. The molecular formula is C9H5F15O. The van der Waals surface area contributed by atoms with Gasteiger partial charge in [-0.05, 0) is 6.92 Å². The smallest absolute Gasteiger partial charge is 0.324 e. The van der Waals surface area contributed by atoms with Crippen LogP contribution in [-0.2, 0) is 4.74 Å². The van der Waals surface area contributed by atoms with Crippen LogP contribution in [0.15, 0.2) is 0 Å². The monoisotopic (exact) mass is 414 g/mol.